The van der Waals surface area contributed by atoms with Gasteiger partial charge in [0.05, 0.1) is 5.69 Å². The van der Waals surface area contributed by atoms with E-state index >= 15 is 0 Å². The fraction of sp³-hybridized carbons (Fsp3) is 0.278. The zero-order chi connectivity index (χ0) is 17.3. The topological polar surface area (TPSA) is 68.9 Å². The van der Waals surface area contributed by atoms with E-state index in [1.807, 2.05) is 44.2 Å². The van der Waals surface area contributed by atoms with Crippen LogP contribution < -0.4 is 10.9 Å². The summed E-state index contributed by atoms with van der Waals surface area (Å²) in [6.07, 6.45) is 1.64. The van der Waals surface area contributed by atoms with Crippen LogP contribution in [0.3, 0.4) is 0 Å². The van der Waals surface area contributed by atoms with Crippen LogP contribution in [0, 0.1) is 13.8 Å². The lowest BCUT2D eigenvalue weighted by atomic mass is 10.1. The summed E-state index contributed by atoms with van der Waals surface area (Å²) in [5.41, 5.74) is 3.32. The summed E-state index contributed by atoms with van der Waals surface area (Å²) in [7, 11) is 1.73. The molecule has 1 aromatic carbocycles. The van der Waals surface area contributed by atoms with Gasteiger partial charge in [-0.15, -0.1) is 0 Å². The van der Waals surface area contributed by atoms with E-state index in [1.165, 1.54) is 10.1 Å². The van der Waals surface area contributed by atoms with Crippen molar-refractivity contribution in [2.75, 3.05) is 0 Å². The van der Waals surface area contributed by atoms with Crippen molar-refractivity contribution in [2.45, 2.75) is 26.9 Å². The summed E-state index contributed by atoms with van der Waals surface area (Å²) < 4.78 is 2.97. The monoisotopic (exact) mass is 324 g/mol. The molecule has 0 spiro atoms. The van der Waals surface area contributed by atoms with Crippen molar-refractivity contribution in [1.82, 2.24) is 19.7 Å². The number of benzene rings is 1. The molecule has 0 radical (unpaired) electrons. The van der Waals surface area contributed by atoms with Crippen LogP contribution in [0.2, 0.25) is 0 Å². The fourth-order valence-electron chi connectivity index (χ4n) is 2.74. The van der Waals surface area contributed by atoms with Crippen molar-refractivity contribution in [3.05, 3.63) is 63.7 Å². The molecule has 1 N–H and O–H groups in total. The van der Waals surface area contributed by atoms with Crippen molar-refractivity contribution in [1.29, 1.82) is 0 Å². The van der Waals surface area contributed by atoms with Gasteiger partial charge in [0, 0.05) is 25.2 Å². The lowest BCUT2D eigenvalue weighted by molar-refractivity contribution is -0.121. The maximum Gasteiger partial charge on any atom is 0.277 e. The molecule has 2 heterocycles. The van der Waals surface area contributed by atoms with Crippen molar-refractivity contribution in [3.8, 4) is 0 Å². The number of amides is 1. The van der Waals surface area contributed by atoms with E-state index in [2.05, 4.69) is 10.4 Å². The van der Waals surface area contributed by atoms with Crippen molar-refractivity contribution in [2.24, 2.45) is 7.05 Å². The predicted octanol–water partition coefficient (Wildman–Crippen LogP) is 1.67. The van der Waals surface area contributed by atoms with E-state index in [0.717, 1.165) is 16.6 Å². The largest absolute Gasteiger partial charge is 0.350 e. The van der Waals surface area contributed by atoms with Gasteiger partial charge in [-0.1, -0.05) is 29.8 Å². The molecule has 6 heteroatoms. The van der Waals surface area contributed by atoms with Crippen LogP contribution >= 0.6 is 0 Å². The van der Waals surface area contributed by atoms with Gasteiger partial charge in [0.1, 0.15) is 12.1 Å². The van der Waals surface area contributed by atoms with Gasteiger partial charge in [-0.25, -0.2) is 0 Å². The van der Waals surface area contributed by atoms with Crippen molar-refractivity contribution < 1.29 is 4.79 Å². The zero-order valence-electron chi connectivity index (χ0n) is 14.0. The van der Waals surface area contributed by atoms with Gasteiger partial charge in [0.2, 0.25) is 5.91 Å². The summed E-state index contributed by atoms with van der Waals surface area (Å²) in [6.45, 7) is 4.32. The molecule has 0 saturated carbocycles. The van der Waals surface area contributed by atoms with Crippen LogP contribution in [0.4, 0.5) is 0 Å². The second kappa shape index (κ2) is 6.31. The number of pyridine rings is 1. The molecular weight excluding hydrogens is 304 g/mol. The maximum absolute atomic E-state index is 12.5. The first-order valence-corrected chi connectivity index (χ1v) is 7.80. The van der Waals surface area contributed by atoms with Crippen LogP contribution in [0.25, 0.3) is 10.9 Å². The highest BCUT2D eigenvalue weighted by Gasteiger charge is 2.12. The average Bonchev–Trinajstić information content (AvgIpc) is 2.84. The minimum atomic E-state index is -0.207. The number of carbonyl (C=O) groups is 1. The molecule has 0 aliphatic rings. The number of aromatic nitrogens is 3. The number of nitrogens with zero attached hydrogens (tertiary/aromatic N) is 3. The summed E-state index contributed by atoms with van der Waals surface area (Å²) in [5, 5.41) is 7.92. The van der Waals surface area contributed by atoms with E-state index in [0.29, 0.717) is 12.1 Å². The van der Waals surface area contributed by atoms with Gasteiger partial charge in [0.15, 0.2) is 0 Å². The molecule has 24 heavy (non-hydrogen) atoms. The molecule has 0 bridgehead atoms. The Bertz CT molecular complexity index is 952. The molecule has 0 aliphatic heterocycles. The molecule has 3 rings (SSSR count). The number of nitrogens with one attached hydrogen (secondary N) is 1. The maximum atomic E-state index is 12.5. The van der Waals surface area contributed by atoms with E-state index < -0.39 is 0 Å². The highest BCUT2D eigenvalue weighted by molar-refractivity contribution is 5.81. The van der Waals surface area contributed by atoms with E-state index in [1.54, 1.807) is 17.9 Å². The summed E-state index contributed by atoms with van der Waals surface area (Å²) in [6, 6.07) is 9.79. The van der Waals surface area contributed by atoms with Crippen LogP contribution in [0.15, 0.2) is 41.3 Å². The SMILES string of the molecule is Cc1ccc(CNC(=O)Cn2ccc3c(C)nn(C)c3c2=O)cc1. The number of fused-ring (bicyclic) bond motifs is 1. The fourth-order valence-corrected chi connectivity index (χ4v) is 2.74. The molecule has 0 unspecified atom stereocenters. The normalized spacial score (nSPS) is 11.0. The van der Waals surface area contributed by atoms with E-state index in [4.69, 9.17) is 0 Å². The zero-order valence-corrected chi connectivity index (χ0v) is 14.0. The molecule has 0 fully saturated rings. The second-order valence-corrected chi connectivity index (χ2v) is 5.98. The van der Waals surface area contributed by atoms with Gasteiger partial charge >= 0.3 is 0 Å². The first kappa shape index (κ1) is 16.0. The molecule has 124 valence electrons. The number of rotatable bonds is 4. The minimum Gasteiger partial charge on any atom is -0.350 e. The Morgan fingerprint density at radius 2 is 1.88 bits per heavy atom. The number of hydrogen-bond acceptors (Lipinski definition) is 3. The third-order valence-electron chi connectivity index (χ3n) is 4.08. The Hall–Kier alpha value is -2.89. The van der Waals surface area contributed by atoms with Crippen LogP contribution in [-0.2, 0) is 24.9 Å². The van der Waals surface area contributed by atoms with Gasteiger partial charge < -0.3 is 9.88 Å². The van der Waals surface area contributed by atoms with Gasteiger partial charge in [0.25, 0.3) is 5.56 Å². The van der Waals surface area contributed by atoms with Crippen LogP contribution in [0.5, 0.6) is 0 Å². The second-order valence-electron chi connectivity index (χ2n) is 5.98. The standard InChI is InChI=1S/C18H20N4O2/c1-12-4-6-14(7-5-12)10-19-16(23)11-22-9-8-15-13(2)20-21(3)17(15)18(22)24/h4-9H,10-11H2,1-3H3,(H,19,23). The number of aryl methyl sites for hydroxylation is 3. The summed E-state index contributed by atoms with van der Waals surface area (Å²) in [4.78, 5) is 24.7. The molecule has 1 amide bonds. The van der Waals surface area contributed by atoms with Gasteiger partial charge in [-0.3, -0.25) is 14.3 Å². The Kier molecular flexibility index (Phi) is 4.20. The van der Waals surface area contributed by atoms with Gasteiger partial charge in [-0.2, -0.15) is 5.10 Å². The first-order chi connectivity index (χ1) is 11.5. The Labute approximate surface area is 139 Å². The van der Waals surface area contributed by atoms with Gasteiger partial charge in [-0.05, 0) is 25.5 Å². The molecule has 3 aromatic rings. The third kappa shape index (κ3) is 3.08. The van der Waals surface area contributed by atoms with Crippen LogP contribution in [-0.4, -0.2) is 20.3 Å². The lowest BCUT2D eigenvalue weighted by Crippen LogP contribution is -2.32. The Balaban J connectivity index is 1.73. The van der Waals surface area contributed by atoms with Crippen LogP contribution in [0.1, 0.15) is 16.8 Å². The molecule has 0 saturated heterocycles. The predicted molar refractivity (Wildman–Crippen MR) is 92.7 cm³/mol. The summed E-state index contributed by atoms with van der Waals surface area (Å²) in [5.74, 6) is -0.198. The van der Waals surface area contributed by atoms with E-state index in [9.17, 15) is 9.59 Å². The average molecular weight is 324 g/mol. The Morgan fingerprint density at radius 1 is 1.17 bits per heavy atom. The minimum absolute atomic E-state index is 0.00907. The quantitative estimate of drug-likeness (QED) is 0.794. The van der Waals surface area contributed by atoms with E-state index in [-0.39, 0.29) is 18.0 Å². The number of hydrogen-bond donors (Lipinski definition) is 1. The van der Waals surface area contributed by atoms with Crippen molar-refractivity contribution in [3.63, 3.8) is 0 Å². The highest BCUT2D eigenvalue weighted by atomic mass is 16.2. The lowest BCUT2D eigenvalue weighted by Gasteiger charge is -2.08. The smallest absolute Gasteiger partial charge is 0.277 e. The van der Waals surface area contributed by atoms with Crippen molar-refractivity contribution >= 4 is 16.8 Å². The molecule has 0 aliphatic carbocycles. The molecule has 6 nitrogen and oxygen atoms in total. The summed E-state index contributed by atoms with van der Waals surface area (Å²) >= 11 is 0. The Morgan fingerprint density at radius 3 is 2.58 bits per heavy atom. The first-order valence-electron chi connectivity index (χ1n) is 7.80. The molecule has 0 atom stereocenters. The molecule has 2 aromatic heterocycles. The third-order valence-corrected chi connectivity index (χ3v) is 4.08. The number of carbonyl (C=O) groups excluding carboxylic acids is 1. The highest BCUT2D eigenvalue weighted by Crippen LogP contribution is 2.12. The molecular formula is C18H20N4O2.